The highest BCUT2D eigenvalue weighted by Gasteiger charge is 2.18. The van der Waals surface area contributed by atoms with Crippen molar-refractivity contribution in [2.24, 2.45) is 0 Å². The number of benzene rings is 2. The van der Waals surface area contributed by atoms with Crippen LogP contribution in [0.3, 0.4) is 0 Å². The van der Waals surface area contributed by atoms with Crippen molar-refractivity contribution in [3.8, 4) is 5.75 Å². The summed E-state index contributed by atoms with van der Waals surface area (Å²) in [5.41, 5.74) is 3.03. The van der Waals surface area contributed by atoms with E-state index in [1.807, 2.05) is 39.0 Å². The zero-order valence-corrected chi connectivity index (χ0v) is 13.9. The molecule has 0 spiro atoms. The topological polar surface area (TPSA) is 38.3 Å². The molecule has 0 bridgehead atoms. The molecule has 0 saturated heterocycles. The van der Waals surface area contributed by atoms with Gasteiger partial charge in [0.2, 0.25) is 0 Å². The number of aryl methyl sites for hydroxylation is 2. The molecule has 4 heteroatoms. The standard InChI is InChI=1S/C19H22FNO2/c1-12-9-13(2)11-18(10-12)23-15(4)19(22)21-14(3)16-5-7-17(20)8-6-16/h5-11,14-15H,1-4H3,(H,21,22). The van der Waals surface area contributed by atoms with Crippen molar-refractivity contribution in [2.75, 3.05) is 0 Å². The van der Waals surface area contributed by atoms with E-state index in [4.69, 9.17) is 4.74 Å². The minimum Gasteiger partial charge on any atom is -0.481 e. The molecule has 2 aromatic carbocycles. The molecule has 0 aromatic heterocycles. The van der Waals surface area contributed by atoms with Gasteiger partial charge in [0.1, 0.15) is 11.6 Å². The number of halogens is 1. The Hall–Kier alpha value is -2.36. The van der Waals surface area contributed by atoms with E-state index in [1.165, 1.54) is 12.1 Å². The van der Waals surface area contributed by atoms with Crippen molar-refractivity contribution >= 4 is 5.91 Å². The highest BCUT2D eigenvalue weighted by molar-refractivity contribution is 5.81. The Labute approximate surface area is 136 Å². The minimum absolute atomic E-state index is 0.207. The van der Waals surface area contributed by atoms with E-state index in [0.717, 1.165) is 16.7 Å². The first-order valence-electron chi connectivity index (χ1n) is 7.66. The van der Waals surface area contributed by atoms with Gasteiger partial charge >= 0.3 is 0 Å². The summed E-state index contributed by atoms with van der Waals surface area (Å²) in [6.45, 7) is 7.54. The van der Waals surface area contributed by atoms with Crippen LogP contribution in [-0.4, -0.2) is 12.0 Å². The summed E-state index contributed by atoms with van der Waals surface area (Å²) in [4.78, 5) is 12.3. The summed E-state index contributed by atoms with van der Waals surface area (Å²) >= 11 is 0. The van der Waals surface area contributed by atoms with Crippen LogP contribution in [-0.2, 0) is 4.79 Å². The van der Waals surface area contributed by atoms with E-state index in [-0.39, 0.29) is 17.8 Å². The molecule has 2 rings (SSSR count). The van der Waals surface area contributed by atoms with Crippen LogP contribution in [0.15, 0.2) is 42.5 Å². The van der Waals surface area contributed by atoms with Crippen LogP contribution in [0.5, 0.6) is 5.75 Å². The van der Waals surface area contributed by atoms with E-state index in [0.29, 0.717) is 5.75 Å². The summed E-state index contributed by atoms with van der Waals surface area (Å²) in [6.07, 6.45) is -0.612. The molecule has 2 atom stereocenters. The lowest BCUT2D eigenvalue weighted by molar-refractivity contribution is -0.127. The fourth-order valence-corrected chi connectivity index (χ4v) is 2.42. The quantitative estimate of drug-likeness (QED) is 0.902. The average Bonchev–Trinajstić information content (AvgIpc) is 2.46. The number of nitrogens with one attached hydrogen (secondary N) is 1. The zero-order valence-electron chi connectivity index (χ0n) is 13.9. The normalized spacial score (nSPS) is 13.3. The van der Waals surface area contributed by atoms with Crippen molar-refractivity contribution in [1.82, 2.24) is 5.32 Å². The van der Waals surface area contributed by atoms with Crippen molar-refractivity contribution in [2.45, 2.75) is 39.8 Å². The predicted octanol–water partition coefficient (Wildman–Crippen LogP) is 4.09. The van der Waals surface area contributed by atoms with Gasteiger partial charge in [0.15, 0.2) is 6.10 Å². The maximum Gasteiger partial charge on any atom is 0.261 e. The third kappa shape index (κ3) is 4.81. The molecule has 1 amide bonds. The van der Waals surface area contributed by atoms with Gasteiger partial charge in [-0.15, -0.1) is 0 Å². The van der Waals surface area contributed by atoms with E-state index < -0.39 is 6.10 Å². The van der Waals surface area contributed by atoms with Gasteiger partial charge in [0.25, 0.3) is 5.91 Å². The molecule has 0 fully saturated rings. The van der Waals surface area contributed by atoms with Crippen molar-refractivity contribution in [3.63, 3.8) is 0 Å². The molecule has 122 valence electrons. The van der Waals surface area contributed by atoms with Crippen LogP contribution < -0.4 is 10.1 Å². The monoisotopic (exact) mass is 315 g/mol. The Bertz CT molecular complexity index is 662. The Morgan fingerprint density at radius 2 is 1.61 bits per heavy atom. The average molecular weight is 315 g/mol. The highest BCUT2D eigenvalue weighted by Crippen LogP contribution is 2.18. The number of hydrogen-bond acceptors (Lipinski definition) is 2. The minimum atomic E-state index is -0.612. The zero-order chi connectivity index (χ0) is 17.0. The van der Waals surface area contributed by atoms with Crippen LogP contribution in [0.25, 0.3) is 0 Å². The molecule has 23 heavy (non-hydrogen) atoms. The lowest BCUT2D eigenvalue weighted by Gasteiger charge is -2.19. The Morgan fingerprint density at radius 3 is 2.17 bits per heavy atom. The summed E-state index contributed by atoms with van der Waals surface area (Å²) in [7, 11) is 0. The van der Waals surface area contributed by atoms with Gasteiger partial charge in [-0.25, -0.2) is 4.39 Å². The summed E-state index contributed by atoms with van der Waals surface area (Å²) in [6, 6.07) is 11.7. The van der Waals surface area contributed by atoms with E-state index in [1.54, 1.807) is 19.1 Å². The molecule has 2 unspecified atom stereocenters. The highest BCUT2D eigenvalue weighted by atomic mass is 19.1. The Morgan fingerprint density at radius 1 is 1.04 bits per heavy atom. The molecule has 0 aliphatic rings. The van der Waals surface area contributed by atoms with E-state index >= 15 is 0 Å². The molecule has 2 aromatic rings. The predicted molar refractivity (Wildman–Crippen MR) is 89.0 cm³/mol. The van der Waals surface area contributed by atoms with Crippen molar-refractivity contribution in [1.29, 1.82) is 0 Å². The van der Waals surface area contributed by atoms with Gasteiger partial charge in [0, 0.05) is 0 Å². The summed E-state index contributed by atoms with van der Waals surface area (Å²) < 4.78 is 18.7. The first-order valence-corrected chi connectivity index (χ1v) is 7.66. The fourth-order valence-electron chi connectivity index (χ4n) is 2.42. The van der Waals surface area contributed by atoms with Crippen LogP contribution in [0.2, 0.25) is 0 Å². The summed E-state index contributed by atoms with van der Waals surface area (Å²) in [5, 5.41) is 2.88. The van der Waals surface area contributed by atoms with Crippen LogP contribution in [0.4, 0.5) is 4.39 Å². The third-order valence-electron chi connectivity index (χ3n) is 3.61. The van der Waals surface area contributed by atoms with Gasteiger partial charge in [0.05, 0.1) is 6.04 Å². The molecule has 0 heterocycles. The van der Waals surface area contributed by atoms with Gasteiger partial charge in [-0.05, 0) is 68.7 Å². The Balaban J connectivity index is 1.97. The van der Waals surface area contributed by atoms with Gasteiger partial charge < -0.3 is 10.1 Å². The molecule has 0 radical (unpaired) electrons. The van der Waals surface area contributed by atoms with Crippen molar-refractivity contribution in [3.05, 3.63) is 65.0 Å². The van der Waals surface area contributed by atoms with Gasteiger partial charge in [-0.1, -0.05) is 18.2 Å². The molecular weight excluding hydrogens is 293 g/mol. The van der Waals surface area contributed by atoms with Crippen LogP contribution >= 0.6 is 0 Å². The van der Waals surface area contributed by atoms with Gasteiger partial charge in [-0.3, -0.25) is 4.79 Å². The number of carbonyl (C=O) groups is 1. The maximum absolute atomic E-state index is 12.9. The smallest absolute Gasteiger partial charge is 0.261 e. The molecule has 3 nitrogen and oxygen atoms in total. The number of amides is 1. The van der Waals surface area contributed by atoms with E-state index in [9.17, 15) is 9.18 Å². The SMILES string of the molecule is Cc1cc(C)cc(OC(C)C(=O)NC(C)c2ccc(F)cc2)c1. The molecule has 0 aliphatic carbocycles. The fraction of sp³-hybridized carbons (Fsp3) is 0.316. The second-order valence-electron chi connectivity index (χ2n) is 5.87. The van der Waals surface area contributed by atoms with Crippen LogP contribution in [0, 0.1) is 19.7 Å². The first-order chi connectivity index (χ1) is 10.8. The number of ether oxygens (including phenoxy) is 1. The number of hydrogen-bond donors (Lipinski definition) is 1. The molecule has 0 aliphatic heterocycles. The second-order valence-corrected chi connectivity index (χ2v) is 5.87. The molecule has 1 N–H and O–H groups in total. The lowest BCUT2D eigenvalue weighted by Crippen LogP contribution is -2.37. The maximum atomic E-state index is 12.9. The molecule has 0 saturated carbocycles. The lowest BCUT2D eigenvalue weighted by atomic mass is 10.1. The largest absolute Gasteiger partial charge is 0.481 e. The van der Waals surface area contributed by atoms with E-state index in [2.05, 4.69) is 5.32 Å². The van der Waals surface area contributed by atoms with Crippen molar-refractivity contribution < 1.29 is 13.9 Å². The van der Waals surface area contributed by atoms with Gasteiger partial charge in [-0.2, -0.15) is 0 Å². The molecular formula is C19H22FNO2. The second kappa shape index (κ2) is 7.27. The van der Waals surface area contributed by atoms with Crippen LogP contribution in [0.1, 0.15) is 36.6 Å². The first kappa shape index (κ1) is 17.0. The number of carbonyl (C=O) groups excluding carboxylic acids is 1. The third-order valence-corrected chi connectivity index (χ3v) is 3.61. The summed E-state index contributed by atoms with van der Waals surface area (Å²) in [5.74, 6) is 0.180. The Kier molecular flexibility index (Phi) is 5.37. The number of rotatable bonds is 5.